The second-order valence-corrected chi connectivity index (χ2v) is 2.97. The van der Waals surface area contributed by atoms with Gasteiger partial charge in [-0.2, -0.15) is 0 Å². The van der Waals surface area contributed by atoms with E-state index >= 15 is 0 Å². The zero-order valence-electron chi connectivity index (χ0n) is 7.74. The highest BCUT2D eigenvalue weighted by Gasteiger charge is 2.47. The third-order valence-corrected chi connectivity index (χ3v) is 2.27. The number of benzene rings is 1. The highest BCUT2D eigenvalue weighted by molar-refractivity contribution is 5.31. The van der Waals surface area contributed by atoms with Crippen LogP contribution in [0, 0.1) is 0 Å². The van der Waals surface area contributed by atoms with E-state index in [2.05, 4.69) is 0 Å². The lowest BCUT2D eigenvalue weighted by Crippen LogP contribution is -2.10. The SMILES string of the molecule is COc1ccc(C2(OC)CO2)cc1. The largest absolute Gasteiger partial charge is 0.497 e. The van der Waals surface area contributed by atoms with Gasteiger partial charge in [-0.3, -0.25) is 0 Å². The number of hydrogen-bond acceptors (Lipinski definition) is 3. The smallest absolute Gasteiger partial charge is 0.219 e. The molecule has 70 valence electrons. The predicted octanol–water partition coefficient (Wildman–Crippen LogP) is 1.52. The lowest BCUT2D eigenvalue weighted by molar-refractivity contribution is -0.0138. The number of hydrogen-bond donors (Lipinski definition) is 0. The molecule has 0 saturated carbocycles. The normalized spacial score (nSPS) is 25.7. The standard InChI is InChI=1S/C10H12O3/c1-11-9-5-3-8(4-6-9)10(12-2)7-13-10/h3-6H,7H2,1-2H3. The minimum absolute atomic E-state index is 0.480. The zero-order valence-corrected chi connectivity index (χ0v) is 7.74. The van der Waals surface area contributed by atoms with Crippen molar-refractivity contribution in [1.29, 1.82) is 0 Å². The van der Waals surface area contributed by atoms with Crippen LogP contribution in [0.5, 0.6) is 5.75 Å². The minimum atomic E-state index is -0.480. The van der Waals surface area contributed by atoms with Crippen LogP contribution in [-0.4, -0.2) is 20.8 Å². The molecule has 0 bridgehead atoms. The number of methoxy groups -OCH3 is 2. The van der Waals surface area contributed by atoms with Gasteiger partial charge in [0.2, 0.25) is 5.79 Å². The molecule has 0 aromatic heterocycles. The second-order valence-electron chi connectivity index (χ2n) is 2.97. The van der Waals surface area contributed by atoms with Crippen LogP contribution in [0.1, 0.15) is 5.56 Å². The first-order valence-corrected chi connectivity index (χ1v) is 4.14. The molecule has 1 atom stereocenters. The van der Waals surface area contributed by atoms with Crippen molar-refractivity contribution in [3.8, 4) is 5.75 Å². The lowest BCUT2D eigenvalue weighted by atomic mass is 10.1. The molecule has 13 heavy (non-hydrogen) atoms. The van der Waals surface area contributed by atoms with Gasteiger partial charge < -0.3 is 14.2 Å². The van der Waals surface area contributed by atoms with Gasteiger partial charge in [-0.15, -0.1) is 0 Å². The van der Waals surface area contributed by atoms with Crippen molar-refractivity contribution in [3.63, 3.8) is 0 Å². The molecule has 1 heterocycles. The quantitative estimate of drug-likeness (QED) is 0.661. The van der Waals surface area contributed by atoms with Crippen LogP contribution in [0.25, 0.3) is 0 Å². The van der Waals surface area contributed by atoms with Crippen molar-refractivity contribution in [3.05, 3.63) is 29.8 Å². The maximum Gasteiger partial charge on any atom is 0.219 e. The summed E-state index contributed by atoms with van der Waals surface area (Å²) in [5.41, 5.74) is 1.04. The minimum Gasteiger partial charge on any atom is -0.497 e. The summed E-state index contributed by atoms with van der Waals surface area (Å²) >= 11 is 0. The van der Waals surface area contributed by atoms with Crippen molar-refractivity contribution in [2.75, 3.05) is 20.8 Å². The van der Waals surface area contributed by atoms with Crippen molar-refractivity contribution >= 4 is 0 Å². The fourth-order valence-corrected chi connectivity index (χ4v) is 1.31. The summed E-state index contributed by atoms with van der Waals surface area (Å²) in [5.74, 6) is 0.363. The molecule has 3 heteroatoms. The maximum absolute atomic E-state index is 5.25. The Bertz CT molecular complexity index is 288. The molecule has 0 aliphatic carbocycles. The molecule has 0 amide bonds. The van der Waals surface area contributed by atoms with E-state index in [1.165, 1.54) is 0 Å². The molecule has 1 unspecified atom stereocenters. The first-order chi connectivity index (χ1) is 6.30. The van der Waals surface area contributed by atoms with Crippen LogP contribution in [0.3, 0.4) is 0 Å². The van der Waals surface area contributed by atoms with Gasteiger partial charge in [0.25, 0.3) is 0 Å². The molecule has 1 aliphatic heterocycles. The van der Waals surface area contributed by atoms with Crippen LogP contribution in [0.2, 0.25) is 0 Å². The Kier molecular flexibility index (Phi) is 1.98. The van der Waals surface area contributed by atoms with E-state index in [9.17, 15) is 0 Å². The van der Waals surface area contributed by atoms with Crippen LogP contribution >= 0.6 is 0 Å². The van der Waals surface area contributed by atoms with Gasteiger partial charge in [0.1, 0.15) is 12.4 Å². The van der Waals surface area contributed by atoms with Gasteiger partial charge >= 0.3 is 0 Å². The van der Waals surface area contributed by atoms with Crippen LogP contribution < -0.4 is 4.74 Å². The predicted molar refractivity (Wildman–Crippen MR) is 47.6 cm³/mol. The summed E-state index contributed by atoms with van der Waals surface area (Å²) in [4.78, 5) is 0. The van der Waals surface area contributed by atoms with Gasteiger partial charge in [0.05, 0.1) is 7.11 Å². The molecule has 1 saturated heterocycles. The maximum atomic E-state index is 5.25. The van der Waals surface area contributed by atoms with Crippen LogP contribution in [0.4, 0.5) is 0 Å². The lowest BCUT2D eigenvalue weighted by Gasteiger charge is -2.09. The first kappa shape index (κ1) is 8.53. The third-order valence-electron chi connectivity index (χ3n) is 2.27. The van der Waals surface area contributed by atoms with E-state index in [1.807, 2.05) is 24.3 Å². The summed E-state index contributed by atoms with van der Waals surface area (Å²) in [6, 6.07) is 7.71. The van der Waals surface area contributed by atoms with Crippen LogP contribution in [-0.2, 0) is 15.3 Å². The van der Waals surface area contributed by atoms with E-state index in [0.29, 0.717) is 6.61 Å². The van der Waals surface area contributed by atoms with E-state index in [0.717, 1.165) is 11.3 Å². The van der Waals surface area contributed by atoms with Gasteiger partial charge in [0.15, 0.2) is 0 Å². The zero-order chi connectivity index (χ0) is 9.31. The van der Waals surface area contributed by atoms with E-state index in [4.69, 9.17) is 14.2 Å². The van der Waals surface area contributed by atoms with Crippen molar-refractivity contribution in [2.45, 2.75) is 5.79 Å². The van der Waals surface area contributed by atoms with Crippen molar-refractivity contribution < 1.29 is 14.2 Å². The molecular weight excluding hydrogens is 168 g/mol. The molecule has 0 N–H and O–H groups in total. The summed E-state index contributed by atoms with van der Waals surface area (Å²) in [7, 11) is 3.30. The topological polar surface area (TPSA) is 31.0 Å². The molecule has 2 rings (SSSR count). The molecule has 1 aromatic rings. The Morgan fingerprint density at radius 2 is 1.85 bits per heavy atom. The average Bonchev–Trinajstić information content (AvgIpc) is 2.99. The van der Waals surface area contributed by atoms with Gasteiger partial charge in [-0.25, -0.2) is 0 Å². The fourth-order valence-electron chi connectivity index (χ4n) is 1.31. The Labute approximate surface area is 77.2 Å². The number of epoxide rings is 1. The fraction of sp³-hybridized carbons (Fsp3) is 0.400. The van der Waals surface area contributed by atoms with Gasteiger partial charge in [-0.1, -0.05) is 0 Å². The van der Waals surface area contributed by atoms with E-state index in [1.54, 1.807) is 14.2 Å². The summed E-state index contributed by atoms with van der Waals surface area (Å²) in [6.45, 7) is 0.635. The van der Waals surface area contributed by atoms with E-state index < -0.39 is 5.79 Å². The molecular formula is C10H12O3. The Morgan fingerprint density at radius 1 is 1.23 bits per heavy atom. The molecule has 1 aliphatic rings. The number of rotatable bonds is 3. The molecule has 3 nitrogen and oxygen atoms in total. The first-order valence-electron chi connectivity index (χ1n) is 4.14. The highest BCUT2D eigenvalue weighted by atomic mass is 16.8. The Hall–Kier alpha value is -1.06. The Morgan fingerprint density at radius 3 is 2.23 bits per heavy atom. The molecule has 0 radical (unpaired) electrons. The van der Waals surface area contributed by atoms with Gasteiger partial charge in [0, 0.05) is 12.7 Å². The summed E-state index contributed by atoms with van der Waals surface area (Å²) < 4.78 is 15.5. The highest BCUT2D eigenvalue weighted by Crippen LogP contribution is 2.39. The summed E-state index contributed by atoms with van der Waals surface area (Å²) in [5, 5.41) is 0. The number of ether oxygens (including phenoxy) is 3. The average molecular weight is 180 g/mol. The van der Waals surface area contributed by atoms with Crippen LogP contribution in [0.15, 0.2) is 24.3 Å². The second kappa shape index (κ2) is 3.01. The van der Waals surface area contributed by atoms with Crippen molar-refractivity contribution in [2.24, 2.45) is 0 Å². The molecule has 1 aromatic carbocycles. The molecule has 0 spiro atoms. The van der Waals surface area contributed by atoms with E-state index in [-0.39, 0.29) is 0 Å². The van der Waals surface area contributed by atoms with Gasteiger partial charge in [-0.05, 0) is 24.3 Å². The Balaban J connectivity index is 2.23. The third kappa shape index (κ3) is 1.41. The molecule has 1 fully saturated rings. The van der Waals surface area contributed by atoms with Crippen molar-refractivity contribution in [1.82, 2.24) is 0 Å². The summed E-state index contributed by atoms with van der Waals surface area (Å²) in [6.07, 6.45) is 0. The monoisotopic (exact) mass is 180 g/mol.